The van der Waals surface area contributed by atoms with Crippen LogP contribution in [0, 0.1) is 10.5 Å². The quantitative estimate of drug-likeness (QED) is 0.638. The molecular weight excluding hydrogens is 341 g/mol. The highest BCUT2D eigenvalue weighted by Crippen LogP contribution is 2.23. The number of halogens is 1. The predicted molar refractivity (Wildman–Crippen MR) is 80.9 cm³/mol. The third kappa shape index (κ3) is 3.22. The molecule has 0 aliphatic heterocycles. The molecule has 92 valence electrons. The van der Waals surface area contributed by atoms with Gasteiger partial charge in [0.15, 0.2) is 0 Å². The van der Waals surface area contributed by atoms with Gasteiger partial charge in [-0.05, 0) is 65.4 Å². The highest BCUT2D eigenvalue weighted by Gasteiger charge is 1.99. The topological polar surface area (TPSA) is 52.8 Å². The van der Waals surface area contributed by atoms with Gasteiger partial charge in [0, 0.05) is 21.4 Å². The molecule has 0 atom stereocenters. The first-order valence-electron chi connectivity index (χ1n) is 5.38. The minimum absolute atomic E-state index is 0.189. The number of benzene rings is 2. The molecule has 2 aromatic carbocycles. The second-order valence-corrected chi connectivity index (χ2v) is 5.23. The van der Waals surface area contributed by atoms with Crippen molar-refractivity contribution in [3.05, 3.63) is 51.1 Å². The molecule has 0 radical (unpaired) electrons. The number of aromatic hydroxyl groups is 2. The van der Waals surface area contributed by atoms with Crippen molar-refractivity contribution in [1.29, 1.82) is 0 Å². The lowest BCUT2D eigenvalue weighted by molar-refractivity contribution is 0.474. The Bertz CT molecular complexity index is 588. The van der Waals surface area contributed by atoms with Crippen LogP contribution in [0.5, 0.6) is 11.5 Å². The van der Waals surface area contributed by atoms with E-state index in [1.165, 1.54) is 0 Å². The minimum Gasteiger partial charge on any atom is -0.508 e. The van der Waals surface area contributed by atoms with E-state index < -0.39 is 0 Å². The first kappa shape index (κ1) is 12.9. The number of phenols is 2. The summed E-state index contributed by atoms with van der Waals surface area (Å²) < 4.78 is 1.03. The molecule has 2 rings (SSSR count). The second-order valence-electron chi connectivity index (χ2n) is 3.99. The molecule has 0 spiro atoms. The molecule has 0 unspecified atom stereocenters. The van der Waals surface area contributed by atoms with Crippen LogP contribution in [0.25, 0.3) is 0 Å². The summed E-state index contributed by atoms with van der Waals surface area (Å²) in [6.45, 7) is 1.89. The standard InChI is InChI=1S/C14H12INO2/c1-9-4-12(7-13(17)5-9)16-8-10-6-11(15)2-3-14(10)18/h2-8,17-18H,1H3. The number of aliphatic imine (C=N–C) groups is 1. The van der Waals surface area contributed by atoms with Crippen molar-refractivity contribution in [3.63, 3.8) is 0 Å². The summed E-state index contributed by atoms with van der Waals surface area (Å²) in [6, 6.07) is 10.4. The lowest BCUT2D eigenvalue weighted by Crippen LogP contribution is -1.84. The van der Waals surface area contributed by atoms with E-state index in [0.717, 1.165) is 9.13 Å². The maximum absolute atomic E-state index is 9.68. The molecule has 0 heterocycles. The highest BCUT2D eigenvalue weighted by molar-refractivity contribution is 14.1. The van der Waals surface area contributed by atoms with Gasteiger partial charge < -0.3 is 10.2 Å². The monoisotopic (exact) mass is 353 g/mol. The van der Waals surface area contributed by atoms with Gasteiger partial charge in [-0.1, -0.05) is 0 Å². The molecule has 0 aliphatic carbocycles. The van der Waals surface area contributed by atoms with Gasteiger partial charge in [-0.2, -0.15) is 0 Å². The summed E-state index contributed by atoms with van der Waals surface area (Å²) in [6.07, 6.45) is 1.59. The summed E-state index contributed by atoms with van der Waals surface area (Å²) in [5.41, 5.74) is 2.25. The van der Waals surface area contributed by atoms with Gasteiger partial charge in [0.1, 0.15) is 11.5 Å². The summed E-state index contributed by atoms with van der Waals surface area (Å²) in [5.74, 6) is 0.380. The molecule has 2 N–H and O–H groups in total. The van der Waals surface area contributed by atoms with Crippen molar-refractivity contribution in [2.45, 2.75) is 6.92 Å². The third-order valence-electron chi connectivity index (χ3n) is 2.39. The lowest BCUT2D eigenvalue weighted by Gasteiger charge is -2.01. The zero-order valence-corrected chi connectivity index (χ0v) is 11.9. The van der Waals surface area contributed by atoms with E-state index in [1.54, 1.807) is 24.4 Å². The molecule has 4 heteroatoms. The fourth-order valence-corrected chi connectivity index (χ4v) is 2.11. The van der Waals surface area contributed by atoms with E-state index in [0.29, 0.717) is 11.3 Å². The fourth-order valence-electron chi connectivity index (χ4n) is 1.59. The van der Waals surface area contributed by atoms with Crippen LogP contribution in [0.3, 0.4) is 0 Å². The van der Waals surface area contributed by atoms with Crippen molar-refractivity contribution in [2.75, 3.05) is 0 Å². The third-order valence-corrected chi connectivity index (χ3v) is 3.06. The Kier molecular flexibility index (Phi) is 3.86. The van der Waals surface area contributed by atoms with E-state index in [2.05, 4.69) is 27.6 Å². The van der Waals surface area contributed by atoms with Crippen molar-refractivity contribution >= 4 is 34.5 Å². The average Bonchev–Trinajstić information content (AvgIpc) is 2.29. The smallest absolute Gasteiger partial charge is 0.124 e. The molecule has 0 aliphatic rings. The number of rotatable bonds is 2. The van der Waals surface area contributed by atoms with Crippen molar-refractivity contribution in [1.82, 2.24) is 0 Å². The summed E-state index contributed by atoms with van der Waals surface area (Å²) in [7, 11) is 0. The molecule has 0 saturated carbocycles. The Balaban J connectivity index is 2.32. The molecule has 0 saturated heterocycles. The predicted octanol–water partition coefficient (Wildman–Crippen LogP) is 3.76. The Hall–Kier alpha value is -1.56. The summed E-state index contributed by atoms with van der Waals surface area (Å²) in [4.78, 5) is 4.25. The summed E-state index contributed by atoms with van der Waals surface area (Å²) >= 11 is 2.17. The van der Waals surface area contributed by atoms with Crippen LogP contribution in [0.4, 0.5) is 5.69 Å². The molecular formula is C14H12INO2. The SMILES string of the molecule is Cc1cc(O)cc(N=Cc2cc(I)ccc2O)c1. The van der Waals surface area contributed by atoms with Gasteiger partial charge in [0.05, 0.1) is 5.69 Å². The maximum Gasteiger partial charge on any atom is 0.124 e. The Morgan fingerprint density at radius 2 is 1.89 bits per heavy atom. The van der Waals surface area contributed by atoms with E-state index >= 15 is 0 Å². The zero-order chi connectivity index (χ0) is 13.1. The fraction of sp³-hybridized carbons (Fsp3) is 0.0714. The van der Waals surface area contributed by atoms with Crippen molar-refractivity contribution < 1.29 is 10.2 Å². The minimum atomic E-state index is 0.189. The molecule has 0 bridgehead atoms. The van der Waals surface area contributed by atoms with Crippen LogP contribution in [-0.4, -0.2) is 16.4 Å². The molecule has 18 heavy (non-hydrogen) atoms. The maximum atomic E-state index is 9.68. The van der Waals surface area contributed by atoms with Gasteiger partial charge in [-0.3, -0.25) is 4.99 Å². The number of hydrogen-bond donors (Lipinski definition) is 2. The number of aryl methyl sites for hydroxylation is 1. The van der Waals surface area contributed by atoms with Gasteiger partial charge in [-0.15, -0.1) is 0 Å². The first-order chi connectivity index (χ1) is 8.54. The van der Waals surface area contributed by atoms with Crippen molar-refractivity contribution in [2.24, 2.45) is 4.99 Å². The van der Waals surface area contributed by atoms with Gasteiger partial charge >= 0.3 is 0 Å². The van der Waals surface area contributed by atoms with E-state index in [1.807, 2.05) is 25.1 Å². The Morgan fingerprint density at radius 3 is 2.61 bits per heavy atom. The Labute approximate surface area is 119 Å². The summed E-state index contributed by atoms with van der Waals surface area (Å²) in [5, 5.41) is 19.1. The highest BCUT2D eigenvalue weighted by atomic mass is 127. The molecule has 2 aromatic rings. The second kappa shape index (κ2) is 5.39. The van der Waals surface area contributed by atoms with E-state index in [-0.39, 0.29) is 11.5 Å². The van der Waals surface area contributed by atoms with Gasteiger partial charge in [0.25, 0.3) is 0 Å². The number of phenolic OH excluding ortho intramolecular Hbond substituents is 2. The van der Waals surface area contributed by atoms with E-state index in [9.17, 15) is 10.2 Å². The normalized spacial score (nSPS) is 11.0. The van der Waals surface area contributed by atoms with Crippen LogP contribution in [0.1, 0.15) is 11.1 Å². The van der Waals surface area contributed by atoms with Gasteiger partial charge in [-0.25, -0.2) is 0 Å². The van der Waals surface area contributed by atoms with E-state index in [4.69, 9.17) is 0 Å². The van der Waals surface area contributed by atoms with Gasteiger partial charge in [0.2, 0.25) is 0 Å². The lowest BCUT2D eigenvalue weighted by atomic mass is 10.2. The molecule has 0 amide bonds. The molecule has 3 nitrogen and oxygen atoms in total. The van der Waals surface area contributed by atoms with Crippen LogP contribution in [-0.2, 0) is 0 Å². The number of hydrogen-bond acceptors (Lipinski definition) is 3. The largest absolute Gasteiger partial charge is 0.508 e. The molecule has 0 fully saturated rings. The first-order valence-corrected chi connectivity index (χ1v) is 6.46. The number of nitrogens with zero attached hydrogens (tertiary/aromatic N) is 1. The molecule has 0 aromatic heterocycles. The van der Waals surface area contributed by atoms with Crippen LogP contribution < -0.4 is 0 Å². The van der Waals surface area contributed by atoms with Crippen LogP contribution >= 0.6 is 22.6 Å². The average molecular weight is 353 g/mol. The van der Waals surface area contributed by atoms with Crippen LogP contribution in [0.15, 0.2) is 41.4 Å². The van der Waals surface area contributed by atoms with Crippen LogP contribution in [0.2, 0.25) is 0 Å². The zero-order valence-electron chi connectivity index (χ0n) is 9.76. The van der Waals surface area contributed by atoms with Crippen molar-refractivity contribution in [3.8, 4) is 11.5 Å². The Morgan fingerprint density at radius 1 is 1.11 bits per heavy atom.